The van der Waals surface area contributed by atoms with Crippen molar-refractivity contribution < 1.29 is 4.74 Å². The molecule has 1 aromatic carbocycles. The fourth-order valence-electron chi connectivity index (χ4n) is 3.35. The van der Waals surface area contributed by atoms with Gasteiger partial charge in [0.1, 0.15) is 18.4 Å². The molecular formula is C21H24N4O. The average Bonchev–Trinajstić information content (AvgIpc) is 3.07. The first kappa shape index (κ1) is 18.0. The largest absolute Gasteiger partial charge is 0.490 e. The zero-order valence-electron chi connectivity index (χ0n) is 15.4. The van der Waals surface area contributed by atoms with Gasteiger partial charge in [-0.3, -0.25) is 4.98 Å². The average molecular weight is 348 g/mol. The molecule has 0 aliphatic rings. The molecule has 1 unspecified atom stereocenters. The highest BCUT2D eigenvalue weighted by Gasteiger charge is 2.22. The number of ether oxygens (including phenoxy) is 1. The molecule has 26 heavy (non-hydrogen) atoms. The summed E-state index contributed by atoms with van der Waals surface area (Å²) in [6.45, 7) is 6.62. The number of nitrogens with two attached hydrogens (primary N) is 1. The first-order chi connectivity index (χ1) is 12.4. The molecule has 3 N–H and O–H groups in total. The number of nitrogens with zero attached hydrogens (tertiary/aromatic N) is 2. The third-order valence-corrected chi connectivity index (χ3v) is 4.29. The van der Waals surface area contributed by atoms with Gasteiger partial charge in [-0.2, -0.15) is 5.26 Å². The summed E-state index contributed by atoms with van der Waals surface area (Å²) in [7, 11) is 0. The molecule has 0 spiro atoms. The van der Waals surface area contributed by atoms with Gasteiger partial charge in [0.25, 0.3) is 0 Å². The number of pyridine rings is 1. The second-order valence-electron chi connectivity index (χ2n) is 7.46. The number of benzene rings is 1. The molecule has 0 saturated carbocycles. The van der Waals surface area contributed by atoms with Crippen molar-refractivity contribution in [3.05, 3.63) is 48.3 Å². The molecule has 0 radical (unpaired) electrons. The van der Waals surface area contributed by atoms with Crippen LogP contribution in [0.2, 0.25) is 0 Å². The number of rotatable bonds is 6. The lowest BCUT2D eigenvalue weighted by Gasteiger charge is -2.26. The molecule has 134 valence electrons. The maximum Gasteiger partial charge on any atom is 0.137 e. The molecule has 0 aliphatic carbocycles. The fraction of sp³-hybridized carbons (Fsp3) is 0.333. The topological polar surface area (TPSA) is 87.7 Å². The van der Waals surface area contributed by atoms with Crippen LogP contribution in [-0.4, -0.2) is 22.1 Å². The monoisotopic (exact) mass is 348 g/mol. The van der Waals surface area contributed by atoms with E-state index in [1.807, 2.05) is 43.5 Å². The Hall–Kier alpha value is -2.84. The summed E-state index contributed by atoms with van der Waals surface area (Å²) < 4.78 is 5.89. The molecule has 1 atom stereocenters. The summed E-state index contributed by atoms with van der Waals surface area (Å²) in [6.07, 6.45) is 4.49. The summed E-state index contributed by atoms with van der Waals surface area (Å²) in [4.78, 5) is 7.54. The van der Waals surface area contributed by atoms with Crippen LogP contribution in [0, 0.1) is 17.2 Å². The van der Waals surface area contributed by atoms with Gasteiger partial charge < -0.3 is 15.5 Å². The van der Waals surface area contributed by atoms with Gasteiger partial charge in [-0.1, -0.05) is 19.9 Å². The minimum Gasteiger partial charge on any atom is -0.490 e. The molecule has 5 nitrogen and oxygen atoms in total. The van der Waals surface area contributed by atoms with Crippen LogP contribution in [0.25, 0.3) is 22.2 Å². The van der Waals surface area contributed by atoms with Crippen LogP contribution in [0.5, 0.6) is 5.75 Å². The van der Waals surface area contributed by atoms with Crippen molar-refractivity contribution in [2.24, 2.45) is 11.7 Å². The second-order valence-corrected chi connectivity index (χ2v) is 7.46. The van der Waals surface area contributed by atoms with Crippen LogP contribution in [0.3, 0.4) is 0 Å². The zero-order valence-corrected chi connectivity index (χ0v) is 15.4. The number of hydrogen-bond acceptors (Lipinski definition) is 4. The lowest BCUT2D eigenvalue weighted by atomic mass is 9.93. The Morgan fingerprint density at radius 2 is 2.12 bits per heavy atom. The van der Waals surface area contributed by atoms with Crippen molar-refractivity contribution >= 4 is 11.0 Å². The standard InChI is InChI=1S/C21H24N4O/c1-14(2)11-21(3,23)13-26-19-5-4-15(10-16(19)12-22)17-6-8-24-18-7-9-25-20(17)18/h4-10,14,25H,11,13,23H2,1-3H3. The highest BCUT2D eigenvalue weighted by atomic mass is 16.5. The van der Waals surface area contributed by atoms with Crippen LogP contribution in [0.4, 0.5) is 0 Å². The highest BCUT2D eigenvalue weighted by Crippen LogP contribution is 2.30. The van der Waals surface area contributed by atoms with E-state index in [0.29, 0.717) is 23.8 Å². The van der Waals surface area contributed by atoms with Crippen LogP contribution in [-0.2, 0) is 0 Å². The summed E-state index contributed by atoms with van der Waals surface area (Å²) >= 11 is 0. The predicted molar refractivity (Wildman–Crippen MR) is 104 cm³/mol. The summed E-state index contributed by atoms with van der Waals surface area (Å²) in [5.74, 6) is 1.05. The normalized spacial score (nSPS) is 13.5. The van der Waals surface area contributed by atoms with Gasteiger partial charge in [0.15, 0.2) is 0 Å². The van der Waals surface area contributed by atoms with Gasteiger partial charge in [0.05, 0.1) is 16.6 Å². The molecule has 0 amide bonds. The highest BCUT2D eigenvalue weighted by molar-refractivity contribution is 5.91. The first-order valence-electron chi connectivity index (χ1n) is 8.78. The molecule has 3 aromatic rings. The third kappa shape index (κ3) is 3.87. The first-order valence-corrected chi connectivity index (χ1v) is 8.78. The van der Waals surface area contributed by atoms with E-state index in [0.717, 1.165) is 28.6 Å². The van der Waals surface area contributed by atoms with Gasteiger partial charge in [0, 0.05) is 23.5 Å². The second kappa shape index (κ2) is 7.19. The maximum absolute atomic E-state index is 9.56. The third-order valence-electron chi connectivity index (χ3n) is 4.29. The van der Waals surface area contributed by atoms with Crippen LogP contribution in [0.1, 0.15) is 32.8 Å². The quantitative estimate of drug-likeness (QED) is 0.697. The summed E-state index contributed by atoms with van der Waals surface area (Å²) in [5.41, 5.74) is 10.2. The van der Waals surface area contributed by atoms with Gasteiger partial charge >= 0.3 is 0 Å². The van der Waals surface area contributed by atoms with Crippen molar-refractivity contribution in [1.29, 1.82) is 5.26 Å². The molecule has 3 rings (SSSR count). The van der Waals surface area contributed by atoms with E-state index in [4.69, 9.17) is 10.5 Å². The van der Waals surface area contributed by atoms with Crippen molar-refractivity contribution in [3.63, 3.8) is 0 Å². The Morgan fingerprint density at radius 3 is 2.85 bits per heavy atom. The Kier molecular flexibility index (Phi) is 4.97. The Balaban J connectivity index is 1.87. The molecule has 0 bridgehead atoms. The molecule has 0 aliphatic heterocycles. The number of hydrogen-bond donors (Lipinski definition) is 2. The van der Waals surface area contributed by atoms with E-state index < -0.39 is 5.54 Å². The van der Waals surface area contributed by atoms with Gasteiger partial charge in [-0.05, 0) is 49.1 Å². The Morgan fingerprint density at radius 1 is 1.31 bits per heavy atom. The van der Waals surface area contributed by atoms with Crippen molar-refractivity contribution in [2.75, 3.05) is 6.61 Å². The zero-order chi connectivity index (χ0) is 18.7. The van der Waals surface area contributed by atoms with Crippen molar-refractivity contribution in [1.82, 2.24) is 9.97 Å². The minimum absolute atomic E-state index is 0.370. The molecule has 2 heterocycles. The SMILES string of the molecule is CC(C)CC(C)(N)COc1ccc(-c2ccnc3cc[nH]c23)cc1C#N. The van der Waals surface area contributed by atoms with E-state index in [9.17, 15) is 5.26 Å². The number of aromatic amines is 1. The van der Waals surface area contributed by atoms with Gasteiger partial charge in [0.2, 0.25) is 0 Å². The molecule has 5 heteroatoms. The van der Waals surface area contributed by atoms with Gasteiger partial charge in [-0.25, -0.2) is 0 Å². The van der Waals surface area contributed by atoms with Gasteiger partial charge in [-0.15, -0.1) is 0 Å². The van der Waals surface area contributed by atoms with Crippen LogP contribution < -0.4 is 10.5 Å². The van der Waals surface area contributed by atoms with Crippen molar-refractivity contribution in [2.45, 2.75) is 32.7 Å². The number of fused-ring (bicyclic) bond motifs is 1. The van der Waals surface area contributed by atoms with E-state index in [1.165, 1.54) is 0 Å². The fourth-order valence-corrected chi connectivity index (χ4v) is 3.35. The molecule has 2 aromatic heterocycles. The number of nitrogens with one attached hydrogen (secondary N) is 1. The number of H-pyrrole nitrogens is 1. The summed E-state index contributed by atoms with van der Waals surface area (Å²) in [5, 5.41) is 9.56. The number of aromatic nitrogens is 2. The molecule has 0 saturated heterocycles. The van der Waals surface area contributed by atoms with E-state index in [2.05, 4.69) is 29.9 Å². The Bertz CT molecular complexity index is 950. The Labute approximate surface area is 153 Å². The van der Waals surface area contributed by atoms with E-state index >= 15 is 0 Å². The lowest BCUT2D eigenvalue weighted by molar-refractivity contribution is 0.206. The molecular weight excluding hydrogens is 324 g/mol. The minimum atomic E-state index is -0.429. The maximum atomic E-state index is 9.56. The summed E-state index contributed by atoms with van der Waals surface area (Å²) in [6, 6.07) is 11.8. The van der Waals surface area contributed by atoms with Crippen LogP contribution in [0.15, 0.2) is 42.7 Å². The smallest absolute Gasteiger partial charge is 0.137 e. The van der Waals surface area contributed by atoms with E-state index in [-0.39, 0.29) is 0 Å². The van der Waals surface area contributed by atoms with Crippen molar-refractivity contribution in [3.8, 4) is 22.9 Å². The molecule has 0 fully saturated rings. The lowest BCUT2D eigenvalue weighted by Crippen LogP contribution is -2.43. The van der Waals surface area contributed by atoms with E-state index in [1.54, 1.807) is 6.20 Å². The predicted octanol–water partition coefficient (Wildman–Crippen LogP) is 4.24. The van der Waals surface area contributed by atoms with Crippen LogP contribution >= 0.6 is 0 Å². The number of nitriles is 1.